The number of aromatic nitrogens is 3. The normalized spacial score (nSPS) is 18.4. The zero-order valence-corrected chi connectivity index (χ0v) is 16.9. The second-order valence-electron chi connectivity index (χ2n) is 6.42. The zero-order chi connectivity index (χ0) is 19.6. The first kappa shape index (κ1) is 22.1. The molecule has 1 aromatic carbocycles. The first-order valence-corrected chi connectivity index (χ1v) is 8.83. The van der Waals surface area contributed by atoms with Gasteiger partial charge in [0.15, 0.2) is 5.82 Å². The zero-order valence-electron chi connectivity index (χ0n) is 15.4. The average Bonchev–Trinajstić information content (AvgIpc) is 3.32. The second-order valence-corrected chi connectivity index (χ2v) is 6.82. The molecule has 0 aliphatic carbocycles. The topological polar surface area (TPSA) is 92.2 Å². The van der Waals surface area contributed by atoms with Crippen molar-refractivity contribution in [3.63, 3.8) is 0 Å². The van der Waals surface area contributed by atoms with Crippen LogP contribution in [-0.4, -0.2) is 58.4 Å². The van der Waals surface area contributed by atoms with E-state index in [0.29, 0.717) is 18.7 Å². The fourth-order valence-corrected chi connectivity index (χ4v) is 3.22. The maximum Gasteiger partial charge on any atom is 0.256 e. The average molecular weight is 431 g/mol. The van der Waals surface area contributed by atoms with Crippen molar-refractivity contribution in [3.8, 4) is 0 Å². The van der Waals surface area contributed by atoms with E-state index in [1.54, 1.807) is 25.0 Å². The Hall–Kier alpha value is -2.23. The van der Waals surface area contributed by atoms with Gasteiger partial charge in [-0.05, 0) is 18.6 Å². The summed E-state index contributed by atoms with van der Waals surface area (Å²) in [6, 6.07) is 4.04. The van der Waals surface area contributed by atoms with Crippen LogP contribution < -0.4 is 10.6 Å². The summed E-state index contributed by atoms with van der Waals surface area (Å²) in [5.41, 5.74) is 0.475. The molecule has 1 saturated heterocycles. The molecule has 2 amide bonds. The van der Waals surface area contributed by atoms with Crippen molar-refractivity contribution in [2.45, 2.75) is 25.0 Å². The number of hydrogen-bond donors (Lipinski definition) is 2. The van der Waals surface area contributed by atoms with Gasteiger partial charge in [0.2, 0.25) is 5.91 Å². The van der Waals surface area contributed by atoms with Gasteiger partial charge in [-0.15, -0.1) is 17.5 Å². The fraction of sp³-hybridized carbons (Fsp3) is 0.412. The molecule has 2 N–H and O–H groups in total. The van der Waals surface area contributed by atoms with Gasteiger partial charge >= 0.3 is 0 Å². The van der Waals surface area contributed by atoms with E-state index in [1.807, 2.05) is 0 Å². The first-order chi connectivity index (χ1) is 12.9. The maximum atomic E-state index is 14.0. The molecular weight excluding hydrogens is 410 g/mol. The molecule has 0 spiro atoms. The number of hydrogen-bond acceptors (Lipinski definition) is 5. The molecule has 0 unspecified atom stereocenters. The number of amides is 2. The molecule has 1 aliphatic heterocycles. The summed E-state index contributed by atoms with van der Waals surface area (Å²) >= 11 is 5.74. The Labute approximate surface area is 172 Å². The Morgan fingerprint density at radius 2 is 2.21 bits per heavy atom. The molecule has 2 aromatic rings. The van der Waals surface area contributed by atoms with Crippen molar-refractivity contribution in [1.82, 2.24) is 30.5 Å². The predicted octanol–water partition coefficient (Wildman–Crippen LogP) is 1.41. The van der Waals surface area contributed by atoms with E-state index in [-0.39, 0.29) is 47.5 Å². The molecule has 28 heavy (non-hydrogen) atoms. The third kappa shape index (κ3) is 4.60. The lowest BCUT2D eigenvalue weighted by atomic mass is 10.1. The van der Waals surface area contributed by atoms with Crippen molar-refractivity contribution >= 4 is 35.8 Å². The molecule has 3 rings (SSSR count). The largest absolute Gasteiger partial charge is 0.358 e. The van der Waals surface area contributed by atoms with Gasteiger partial charge in [0.1, 0.15) is 5.69 Å². The number of nitrogens with one attached hydrogen (secondary N) is 2. The van der Waals surface area contributed by atoms with Crippen LogP contribution in [-0.2, 0) is 11.3 Å². The summed E-state index contributed by atoms with van der Waals surface area (Å²) in [6.45, 7) is 0.771. The molecule has 1 fully saturated rings. The van der Waals surface area contributed by atoms with E-state index in [4.69, 9.17) is 11.6 Å². The number of carbonyl (C=O) groups excluding carboxylic acids is 2. The van der Waals surface area contributed by atoms with E-state index in [2.05, 4.69) is 20.9 Å². The third-order valence-corrected chi connectivity index (χ3v) is 4.82. The quantitative estimate of drug-likeness (QED) is 0.747. The highest BCUT2D eigenvalue weighted by atomic mass is 35.5. The van der Waals surface area contributed by atoms with Crippen molar-refractivity contribution in [1.29, 1.82) is 0 Å². The van der Waals surface area contributed by atoms with Gasteiger partial charge < -0.3 is 15.5 Å². The van der Waals surface area contributed by atoms with E-state index in [9.17, 15) is 14.0 Å². The number of nitrogens with zero attached hydrogens (tertiary/aromatic N) is 4. The molecule has 8 nitrogen and oxygen atoms in total. The summed E-state index contributed by atoms with van der Waals surface area (Å²) in [5.74, 6) is -1.30. The van der Waals surface area contributed by atoms with Gasteiger partial charge in [0.25, 0.3) is 5.91 Å². The van der Waals surface area contributed by atoms with Crippen LogP contribution in [0.5, 0.6) is 0 Å². The van der Waals surface area contributed by atoms with Crippen molar-refractivity contribution < 1.29 is 14.0 Å². The number of rotatable bonds is 5. The molecule has 152 valence electrons. The van der Waals surface area contributed by atoms with Gasteiger partial charge in [0, 0.05) is 20.6 Å². The number of halogens is 3. The third-order valence-electron chi connectivity index (χ3n) is 4.53. The standard InChI is InChI=1S/C17H20ClFN6O2.ClH/c1-20-16(26)14-6-11(7-21-14)25-9-10(22-23-25)8-24(2)17(27)12-4-3-5-13(18)15(12)19;/h3-5,9,11,14,21H,6-8H2,1-2H3,(H,20,26);1H/t11-,14+;/m1./s1. The summed E-state index contributed by atoms with van der Waals surface area (Å²) < 4.78 is 15.7. The molecule has 11 heteroatoms. The van der Waals surface area contributed by atoms with E-state index in [0.717, 1.165) is 0 Å². The minimum absolute atomic E-state index is 0. The Kier molecular flexibility index (Phi) is 7.34. The number of likely N-dealkylation sites (N-methyl/N-ethyl adjacent to an activating group) is 1. The van der Waals surface area contributed by atoms with E-state index in [1.165, 1.54) is 23.1 Å². The fourth-order valence-electron chi connectivity index (χ4n) is 3.05. The highest BCUT2D eigenvalue weighted by Gasteiger charge is 2.30. The second kappa shape index (κ2) is 9.31. The van der Waals surface area contributed by atoms with Crippen molar-refractivity contribution in [2.24, 2.45) is 0 Å². The van der Waals surface area contributed by atoms with Crippen molar-refractivity contribution in [2.75, 3.05) is 20.6 Å². The molecule has 0 radical (unpaired) electrons. The van der Waals surface area contributed by atoms with Gasteiger partial charge in [-0.1, -0.05) is 22.9 Å². The van der Waals surface area contributed by atoms with Crippen LogP contribution in [0.25, 0.3) is 0 Å². The lowest BCUT2D eigenvalue weighted by Gasteiger charge is -2.16. The molecule has 1 aliphatic rings. The summed E-state index contributed by atoms with van der Waals surface area (Å²) in [5, 5.41) is 13.8. The van der Waals surface area contributed by atoms with Crippen LogP contribution in [0.1, 0.15) is 28.5 Å². The Balaban J connectivity index is 0.00000280. The van der Waals surface area contributed by atoms with Gasteiger partial charge in [0.05, 0.1) is 35.4 Å². The number of benzene rings is 1. The van der Waals surface area contributed by atoms with Crippen LogP contribution in [0, 0.1) is 5.82 Å². The first-order valence-electron chi connectivity index (χ1n) is 8.46. The smallest absolute Gasteiger partial charge is 0.256 e. The Morgan fingerprint density at radius 1 is 1.46 bits per heavy atom. The monoisotopic (exact) mass is 430 g/mol. The summed E-state index contributed by atoms with van der Waals surface area (Å²) in [4.78, 5) is 25.5. The minimum Gasteiger partial charge on any atom is -0.358 e. The molecule has 1 aromatic heterocycles. The van der Waals surface area contributed by atoms with Crippen LogP contribution in [0.15, 0.2) is 24.4 Å². The highest BCUT2D eigenvalue weighted by molar-refractivity contribution is 6.31. The predicted molar refractivity (Wildman–Crippen MR) is 104 cm³/mol. The van der Waals surface area contributed by atoms with E-state index < -0.39 is 11.7 Å². The molecule has 2 heterocycles. The molecule has 0 saturated carbocycles. The van der Waals surface area contributed by atoms with Crippen LogP contribution in [0.4, 0.5) is 4.39 Å². The van der Waals surface area contributed by atoms with Crippen LogP contribution in [0.3, 0.4) is 0 Å². The highest BCUT2D eigenvalue weighted by Crippen LogP contribution is 2.21. The van der Waals surface area contributed by atoms with Gasteiger partial charge in [-0.2, -0.15) is 0 Å². The molecule has 0 bridgehead atoms. The lowest BCUT2D eigenvalue weighted by Crippen LogP contribution is -2.38. The minimum atomic E-state index is -0.739. The molecular formula is C17H21Cl2FN6O2. The van der Waals surface area contributed by atoms with E-state index >= 15 is 0 Å². The molecule has 2 atom stereocenters. The van der Waals surface area contributed by atoms with Crippen molar-refractivity contribution in [3.05, 3.63) is 46.5 Å². The summed E-state index contributed by atoms with van der Waals surface area (Å²) in [6.07, 6.45) is 2.33. The lowest BCUT2D eigenvalue weighted by molar-refractivity contribution is -0.122. The van der Waals surface area contributed by atoms with Crippen LogP contribution in [0.2, 0.25) is 5.02 Å². The SMILES string of the molecule is CNC(=O)[C@@H]1C[C@@H](n2cc(CN(C)C(=O)c3cccc(Cl)c3F)nn2)CN1.Cl. The van der Waals surface area contributed by atoms with Gasteiger partial charge in [-0.3, -0.25) is 9.59 Å². The van der Waals surface area contributed by atoms with Gasteiger partial charge in [-0.25, -0.2) is 9.07 Å². The van der Waals surface area contributed by atoms with Crippen LogP contribution >= 0.6 is 24.0 Å². The number of carbonyl (C=O) groups is 2. The Morgan fingerprint density at radius 3 is 2.93 bits per heavy atom. The Bertz CT molecular complexity index is 862. The maximum absolute atomic E-state index is 14.0. The summed E-state index contributed by atoms with van der Waals surface area (Å²) in [7, 11) is 3.15.